The van der Waals surface area contributed by atoms with Gasteiger partial charge in [0.2, 0.25) is 0 Å². The topological polar surface area (TPSA) is 89.7 Å². The van der Waals surface area contributed by atoms with E-state index in [9.17, 15) is 13.2 Å². The molecule has 0 amide bonds. The molecule has 1 rings (SSSR count). The maximum absolute atomic E-state index is 11.6. The Morgan fingerprint density at radius 3 is 2.47 bits per heavy atom. The van der Waals surface area contributed by atoms with E-state index in [1.165, 1.54) is 0 Å². The van der Waals surface area contributed by atoms with E-state index in [2.05, 4.69) is 4.90 Å². The summed E-state index contributed by atoms with van der Waals surface area (Å²) >= 11 is 0. The smallest absolute Gasteiger partial charge is 0.325 e. The Labute approximate surface area is 115 Å². The first-order chi connectivity index (χ1) is 8.77. The van der Waals surface area contributed by atoms with Crippen molar-refractivity contribution in [1.82, 2.24) is 4.90 Å². The molecule has 0 aliphatic carbocycles. The first-order valence-corrected chi connectivity index (χ1v) is 8.48. The summed E-state index contributed by atoms with van der Waals surface area (Å²) in [7, 11) is -2.83. The molecule has 0 aromatic rings. The number of hydrogen-bond acceptors (Lipinski definition) is 6. The van der Waals surface area contributed by atoms with Gasteiger partial charge in [-0.25, -0.2) is 8.42 Å². The minimum absolute atomic E-state index is 0.227. The summed E-state index contributed by atoms with van der Waals surface area (Å²) in [6.45, 7) is 5.66. The highest BCUT2D eigenvalue weighted by atomic mass is 32.2. The van der Waals surface area contributed by atoms with Crippen LogP contribution < -0.4 is 5.73 Å². The van der Waals surface area contributed by atoms with Crippen molar-refractivity contribution in [2.75, 3.05) is 37.7 Å². The Kier molecular flexibility index (Phi) is 5.76. The third kappa shape index (κ3) is 5.46. The SMILES string of the molecule is CCOC(=O)C(C)(N)CCCN1CCS(=O)(=O)CC1. The van der Waals surface area contributed by atoms with Gasteiger partial charge in [-0.15, -0.1) is 0 Å². The van der Waals surface area contributed by atoms with Crippen molar-refractivity contribution in [1.29, 1.82) is 0 Å². The quantitative estimate of drug-likeness (QED) is 0.681. The van der Waals surface area contributed by atoms with Gasteiger partial charge in [-0.3, -0.25) is 4.79 Å². The second-order valence-electron chi connectivity index (χ2n) is 5.23. The first kappa shape index (κ1) is 16.4. The minimum Gasteiger partial charge on any atom is -0.465 e. The molecule has 1 atom stereocenters. The highest BCUT2D eigenvalue weighted by Gasteiger charge is 2.30. The number of esters is 1. The number of nitrogens with zero attached hydrogens (tertiary/aromatic N) is 1. The zero-order chi connectivity index (χ0) is 14.5. The first-order valence-electron chi connectivity index (χ1n) is 6.66. The van der Waals surface area contributed by atoms with Crippen LogP contribution in [-0.2, 0) is 19.4 Å². The highest BCUT2D eigenvalue weighted by Crippen LogP contribution is 2.13. The van der Waals surface area contributed by atoms with Crippen LogP contribution in [0.5, 0.6) is 0 Å². The number of ether oxygens (including phenoxy) is 1. The summed E-state index contributed by atoms with van der Waals surface area (Å²) in [5.74, 6) is 0.0754. The number of carbonyl (C=O) groups excluding carboxylic acids is 1. The van der Waals surface area contributed by atoms with Crippen molar-refractivity contribution in [3.8, 4) is 0 Å². The molecule has 0 aromatic carbocycles. The lowest BCUT2D eigenvalue weighted by molar-refractivity contribution is -0.149. The molecule has 1 aliphatic rings. The minimum atomic E-state index is -2.83. The maximum atomic E-state index is 11.6. The summed E-state index contributed by atoms with van der Waals surface area (Å²) in [5, 5.41) is 0. The Balaban J connectivity index is 2.29. The Morgan fingerprint density at radius 2 is 1.95 bits per heavy atom. The van der Waals surface area contributed by atoms with Crippen LogP contribution in [0.3, 0.4) is 0 Å². The van der Waals surface area contributed by atoms with E-state index in [1.54, 1.807) is 13.8 Å². The van der Waals surface area contributed by atoms with Gasteiger partial charge >= 0.3 is 5.97 Å². The van der Waals surface area contributed by atoms with Gasteiger partial charge in [0.05, 0.1) is 18.1 Å². The lowest BCUT2D eigenvalue weighted by atomic mass is 9.97. The molecule has 0 spiro atoms. The lowest BCUT2D eigenvalue weighted by Gasteiger charge is -2.28. The molecule has 1 unspecified atom stereocenters. The maximum Gasteiger partial charge on any atom is 0.325 e. The Hall–Kier alpha value is -0.660. The summed E-state index contributed by atoms with van der Waals surface area (Å²) in [6, 6.07) is 0. The zero-order valence-corrected chi connectivity index (χ0v) is 12.5. The fraction of sp³-hybridized carbons (Fsp3) is 0.917. The molecule has 0 saturated carbocycles. The van der Waals surface area contributed by atoms with Crippen LogP contribution in [0.25, 0.3) is 0 Å². The van der Waals surface area contributed by atoms with Gasteiger partial charge in [0.25, 0.3) is 0 Å². The normalized spacial score (nSPS) is 22.7. The molecule has 2 N–H and O–H groups in total. The van der Waals surface area contributed by atoms with Crippen molar-refractivity contribution in [3.05, 3.63) is 0 Å². The fourth-order valence-electron chi connectivity index (χ4n) is 2.04. The van der Waals surface area contributed by atoms with Crippen molar-refractivity contribution in [2.24, 2.45) is 5.73 Å². The van der Waals surface area contributed by atoms with Crippen molar-refractivity contribution >= 4 is 15.8 Å². The van der Waals surface area contributed by atoms with Crippen LogP contribution in [0, 0.1) is 0 Å². The molecule has 19 heavy (non-hydrogen) atoms. The van der Waals surface area contributed by atoms with Gasteiger partial charge in [0.1, 0.15) is 5.54 Å². The molecule has 0 bridgehead atoms. The van der Waals surface area contributed by atoms with Crippen LogP contribution in [0.2, 0.25) is 0 Å². The third-order valence-corrected chi connectivity index (χ3v) is 4.96. The third-order valence-electron chi connectivity index (χ3n) is 3.35. The standard InChI is InChI=1S/C12H24N2O4S/c1-3-18-11(15)12(2,13)5-4-6-14-7-9-19(16,17)10-8-14/h3-10,13H2,1-2H3. The molecule has 1 fully saturated rings. The molecular formula is C12H24N2O4S. The van der Waals surface area contributed by atoms with Gasteiger partial charge in [0.15, 0.2) is 9.84 Å². The molecule has 6 nitrogen and oxygen atoms in total. The van der Waals surface area contributed by atoms with Crippen LogP contribution >= 0.6 is 0 Å². The molecule has 0 radical (unpaired) electrons. The number of nitrogens with two attached hydrogens (primary N) is 1. The molecule has 1 saturated heterocycles. The summed E-state index contributed by atoms with van der Waals surface area (Å²) in [5.41, 5.74) is 4.96. The predicted molar refractivity (Wildman–Crippen MR) is 73.6 cm³/mol. The van der Waals surface area contributed by atoms with Gasteiger partial charge in [-0.2, -0.15) is 0 Å². The molecule has 7 heteroatoms. The lowest BCUT2D eigenvalue weighted by Crippen LogP contribution is -2.47. The number of carbonyl (C=O) groups is 1. The van der Waals surface area contributed by atoms with E-state index in [-0.39, 0.29) is 17.5 Å². The summed E-state index contributed by atoms with van der Waals surface area (Å²) in [6.07, 6.45) is 1.29. The predicted octanol–water partition coefficient (Wildman–Crippen LogP) is -0.222. The monoisotopic (exact) mass is 292 g/mol. The van der Waals surface area contributed by atoms with E-state index in [0.29, 0.717) is 26.1 Å². The van der Waals surface area contributed by atoms with E-state index in [1.807, 2.05) is 0 Å². The number of rotatable bonds is 6. The zero-order valence-electron chi connectivity index (χ0n) is 11.7. The second-order valence-corrected chi connectivity index (χ2v) is 7.54. The second kappa shape index (κ2) is 6.67. The summed E-state index contributed by atoms with van der Waals surface area (Å²) in [4.78, 5) is 13.7. The van der Waals surface area contributed by atoms with Crippen LogP contribution in [-0.4, -0.2) is 62.6 Å². The van der Waals surface area contributed by atoms with Crippen LogP contribution in [0.1, 0.15) is 26.7 Å². The van der Waals surface area contributed by atoms with Gasteiger partial charge in [0, 0.05) is 13.1 Å². The molecule has 112 valence electrons. The van der Waals surface area contributed by atoms with Gasteiger partial charge in [-0.1, -0.05) is 0 Å². The van der Waals surface area contributed by atoms with Gasteiger partial charge < -0.3 is 15.4 Å². The largest absolute Gasteiger partial charge is 0.465 e. The van der Waals surface area contributed by atoms with Crippen LogP contribution in [0.4, 0.5) is 0 Å². The average molecular weight is 292 g/mol. The summed E-state index contributed by atoms with van der Waals surface area (Å²) < 4.78 is 27.5. The van der Waals surface area contributed by atoms with E-state index >= 15 is 0 Å². The Morgan fingerprint density at radius 1 is 1.37 bits per heavy atom. The Bertz CT molecular complexity index is 392. The number of hydrogen-bond donors (Lipinski definition) is 1. The molecule has 1 aliphatic heterocycles. The fourth-order valence-corrected chi connectivity index (χ4v) is 3.32. The van der Waals surface area contributed by atoms with Crippen molar-refractivity contribution in [3.63, 3.8) is 0 Å². The van der Waals surface area contributed by atoms with Gasteiger partial charge in [-0.05, 0) is 33.2 Å². The van der Waals surface area contributed by atoms with E-state index in [4.69, 9.17) is 10.5 Å². The average Bonchev–Trinajstić information content (AvgIpc) is 2.31. The number of sulfone groups is 1. The van der Waals surface area contributed by atoms with E-state index in [0.717, 1.165) is 13.0 Å². The van der Waals surface area contributed by atoms with Crippen LogP contribution in [0.15, 0.2) is 0 Å². The highest BCUT2D eigenvalue weighted by molar-refractivity contribution is 7.91. The molecule has 1 heterocycles. The van der Waals surface area contributed by atoms with E-state index < -0.39 is 15.4 Å². The van der Waals surface area contributed by atoms with Crippen molar-refractivity contribution < 1.29 is 17.9 Å². The molecule has 0 aromatic heterocycles. The molecular weight excluding hydrogens is 268 g/mol. The van der Waals surface area contributed by atoms with Crippen molar-refractivity contribution in [2.45, 2.75) is 32.2 Å².